The number of hydrogen-bond donors (Lipinski definition) is 3. The van der Waals surface area contributed by atoms with Crippen molar-refractivity contribution in [2.45, 2.75) is 52.0 Å². The van der Waals surface area contributed by atoms with Gasteiger partial charge in [0.1, 0.15) is 0 Å². The average Bonchev–Trinajstić information content (AvgIpc) is 2.99. The molecule has 88 valence electrons. The van der Waals surface area contributed by atoms with Crippen LogP contribution < -0.4 is 11.1 Å². The molecule has 0 spiro atoms. The second-order valence-electron chi connectivity index (χ2n) is 4.62. The van der Waals surface area contributed by atoms with Crippen LogP contribution in [0.3, 0.4) is 0 Å². The predicted octanol–water partition coefficient (Wildman–Crippen LogP) is 1.68. The fourth-order valence-electron chi connectivity index (χ4n) is 2.09. The van der Waals surface area contributed by atoms with Crippen molar-refractivity contribution in [1.82, 2.24) is 5.32 Å². The summed E-state index contributed by atoms with van der Waals surface area (Å²) < 4.78 is 0. The monoisotopic (exact) mass is 213 g/mol. The van der Waals surface area contributed by atoms with Crippen LogP contribution in [0, 0.1) is 5.41 Å². The third-order valence-electron chi connectivity index (χ3n) is 3.34. The Bertz CT molecular complexity index is 224. The molecule has 1 rings (SSSR count). The van der Waals surface area contributed by atoms with E-state index in [1.54, 1.807) is 0 Å². The highest BCUT2D eigenvalue weighted by Crippen LogP contribution is 2.48. The number of nitrogens with two attached hydrogens (primary N) is 1. The summed E-state index contributed by atoms with van der Waals surface area (Å²) in [5.41, 5.74) is 6.10. The second kappa shape index (κ2) is 5.35. The minimum atomic E-state index is 0.0179. The largest absolute Gasteiger partial charge is 0.409 e. The van der Waals surface area contributed by atoms with E-state index in [0.717, 1.165) is 13.0 Å². The summed E-state index contributed by atoms with van der Waals surface area (Å²) >= 11 is 0. The molecule has 1 fully saturated rings. The zero-order valence-corrected chi connectivity index (χ0v) is 9.79. The topological polar surface area (TPSA) is 70.6 Å². The number of rotatable bonds is 7. The van der Waals surface area contributed by atoms with Crippen molar-refractivity contribution in [2.24, 2.45) is 16.3 Å². The van der Waals surface area contributed by atoms with E-state index in [-0.39, 0.29) is 6.04 Å². The van der Waals surface area contributed by atoms with Crippen LogP contribution in [-0.2, 0) is 0 Å². The normalized spacial score (nSPS) is 21.3. The number of nitrogens with one attached hydrogen (secondary N) is 1. The Kier molecular flexibility index (Phi) is 4.39. The van der Waals surface area contributed by atoms with Gasteiger partial charge in [0.05, 0.1) is 6.04 Å². The van der Waals surface area contributed by atoms with E-state index in [0.29, 0.717) is 11.3 Å². The molecular weight excluding hydrogens is 190 g/mol. The molecule has 0 aromatic heterocycles. The van der Waals surface area contributed by atoms with E-state index in [9.17, 15) is 0 Å². The molecule has 0 amide bonds. The van der Waals surface area contributed by atoms with Gasteiger partial charge in [0.15, 0.2) is 5.84 Å². The molecule has 0 heterocycles. The van der Waals surface area contributed by atoms with Crippen LogP contribution in [-0.4, -0.2) is 23.6 Å². The fourth-order valence-corrected chi connectivity index (χ4v) is 2.09. The van der Waals surface area contributed by atoms with Crippen molar-refractivity contribution in [3.05, 3.63) is 0 Å². The average molecular weight is 213 g/mol. The smallest absolute Gasteiger partial charge is 0.156 e. The van der Waals surface area contributed by atoms with E-state index in [4.69, 9.17) is 10.9 Å². The SMILES string of the molecule is CCCC1(CNC(CC)C(N)=NO)CC1. The Hall–Kier alpha value is -0.770. The first kappa shape index (κ1) is 12.3. The fraction of sp³-hybridized carbons (Fsp3) is 0.909. The Morgan fingerprint density at radius 2 is 2.20 bits per heavy atom. The van der Waals surface area contributed by atoms with Crippen molar-refractivity contribution >= 4 is 5.84 Å². The van der Waals surface area contributed by atoms with E-state index in [1.807, 2.05) is 6.92 Å². The molecule has 1 saturated carbocycles. The molecule has 1 aliphatic carbocycles. The first-order valence-electron chi connectivity index (χ1n) is 5.88. The summed E-state index contributed by atoms with van der Waals surface area (Å²) in [5, 5.41) is 15.1. The molecule has 4 nitrogen and oxygen atoms in total. The maximum atomic E-state index is 8.61. The molecule has 4 N–H and O–H groups in total. The molecule has 0 aromatic rings. The van der Waals surface area contributed by atoms with Crippen LogP contribution in [0.5, 0.6) is 0 Å². The highest BCUT2D eigenvalue weighted by Gasteiger charge is 2.41. The van der Waals surface area contributed by atoms with Gasteiger partial charge in [-0.2, -0.15) is 0 Å². The summed E-state index contributed by atoms with van der Waals surface area (Å²) in [6.07, 6.45) is 6.02. The molecular formula is C11H23N3O. The number of nitrogens with zero attached hydrogens (tertiary/aromatic N) is 1. The van der Waals surface area contributed by atoms with Crippen molar-refractivity contribution < 1.29 is 5.21 Å². The van der Waals surface area contributed by atoms with Gasteiger partial charge in [-0.25, -0.2) is 0 Å². The summed E-state index contributed by atoms with van der Waals surface area (Å²) in [7, 11) is 0. The van der Waals surface area contributed by atoms with Crippen LogP contribution in [0.25, 0.3) is 0 Å². The maximum Gasteiger partial charge on any atom is 0.156 e. The molecule has 4 heteroatoms. The molecule has 1 unspecified atom stereocenters. The maximum absolute atomic E-state index is 8.61. The van der Waals surface area contributed by atoms with E-state index in [1.165, 1.54) is 25.7 Å². The zero-order chi connectivity index (χ0) is 11.3. The molecule has 1 aliphatic rings. The summed E-state index contributed by atoms with van der Waals surface area (Å²) in [5.74, 6) is 0.296. The van der Waals surface area contributed by atoms with Crippen molar-refractivity contribution in [3.8, 4) is 0 Å². The van der Waals surface area contributed by atoms with Gasteiger partial charge >= 0.3 is 0 Å². The lowest BCUT2D eigenvalue weighted by Crippen LogP contribution is -2.43. The summed E-state index contributed by atoms with van der Waals surface area (Å²) in [6, 6.07) is 0.0179. The first-order valence-corrected chi connectivity index (χ1v) is 5.88. The first-order chi connectivity index (χ1) is 7.17. The van der Waals surface area contributed by atoms with Crippen LogP contribution in [0.15, 0.2) is 5.16 Å². The van der Waals surface area contributed by atoms with Gasteiger partial charge in [-0.3, -0.25) is 0 Å². The minimum Gasteiger partial charge on any atom is -0.409 e. The Morgan fingerprint density at radius 1 is 1.53 bits per heavy atom. The second-order valence-corrected chi connectivity index (χ2v) is 4.62. The number of oxime groups is 1. The number of hydrogen-bond acceptors (Lipinski definition) is 3. The van der Waals surface area contributed by atoms with Crippen LogP contribution in [0.4, 0.5) is 0 Å². The van der Waals surface area contributed by atoms with Gasteiger partial charge in [-0.05, 0) is 31.1 Å². The van der Waals surface area contributed by atoms with Crippen LogP contribution in [0.2, 0.25) is 0 Å². The lowest BCUT2D eigenvalue weighted by atomic mass is 10.00. The molecule has 0 aromatic carbocycles. The molecule has 0 aliphatic heterocycles. The molecule has 0 bridgehead atoms. The van der Waals surface area contributed by atoms with Crippen molar-refractivity contribution in [2.75, 3.05) is 6.54 Å². The third-order valence-corrected chi connectivity index (χ3v) is 3.34. The zero-order valence-electron chi connectivity index (χ0n) is 9.79. The van der Waals surface area contributed by atoms with Crippen molar-refractivity contribution in [3.63, 3.8) is 0 Å². The molecule has 0 saturated heterocycles. The van der Waals surface area contributed by atoms with Gasteiger partial charge in [0.25, 0.3) is 0 Å². The lowest BCUT2D eigenvalue weighted by molar-refractivity contribution is 0.312. The Balaban J connectivity index is 2.34. The van der Waals surface area contributed by atoms with Gasteiger partial charge in [-0.15, -0.1) is 0 Å². The molecule has 1 atom stereocenters. The molecule has 15 heavy (non-hydrogen) atoms. The predicted molar refractivity (Wildman–Crippen MR) is 62.1 cm³/mol. The number of amidine groups is 1. The van der Waals surface area contributed by atoms with Crippen LogP contribution >= 0.6 is 0 Å². The minimum absolute atomic E-state index is 0.0179. The van der Waals surface area contributed by atoms with Gasteiger partial charge < -0.3 is 16.3 Å². The van der Waals surface area contributed by atoms with E-state index < -0.39 is 0 Å². The van der Waals surface area contributed by atoms with E-state index in [2.05, 4.69) is 17.4 Å². The van der Waals surface area contributed by atoms with Gasteiger partial charge in [0.2, 0.25) is 0 Å². The Labute approximate surface area is 91.9 Å². The third kappa shape index (κ3) is 3.38. The van der Waals surface area contributed by atoms with Gasteiger partial charge in [0, 0.05) is 6.54 Å². The highest BCUT2D eigenvalue weighted by molar-refractivity contribution is 5.85. The van der Waals surface area contributed by atoms with E-state index >= 15 is 0 Å². The van der Waals surface area contributed by atoms with Gasteiger partial charge in [-0.1, -0.05) is 25.4 Å². The van der Waals surface area contributed by atoms with Crippen LogP contribution in [0.1, 0.15) is 46.0 Å². The Morgan fingerprint density at radius 3 is 2.60 bits per heavy atom. The van der Waals surface area contributed by atoms with Crippen molar-refractivity contribution in [1.29, 1.82) is 0 Å². The summed E-state index contributed by atoms with van der Waals surface area (Å²) in [6.45, 7) is 5.26. The quantitative estimate of drug-likeness (QED) is 0.261. The standard InChI is InChI=1S/C11H23N3O/c1-3-5-11(6-7-11)8-13-9(4-2)10(12)14-15/h9,13,15H,3-8H2,1-2H3,(H2,12,14). The summed E-state index contributed by atoms with van der Waals surface area (Å²) in [4.78, 5) is 0. The molecule has 0 radical (unpaired) electrons. The lowest BCUT2D eigenvalue weighted by Gasteiger charge is -2.20. The highest BCUT2D eigenvalue weighted by atomic mass is 16.4.